The van der Waals surface area contributed by atoms with Crippen molar-refractivity contribution in [2.45, 2.75) is 0 Å². The van der Waals surface area contributed by atoms with E-state index in [0.717, 1.165) is 0 Å². The summed E-state index contributed by atoms with van der Waals surface area (Å²) in [7, 11) is 6.15. The quantitative estimate of drug-likeness (QED) is 0.617. The highest BCUT2D eigenvalue weighted by Crippen LogP contribution is 2.25. The third-order valence-electron chi connectivity index (χ3n) is 3.46. The van der Waals surface area contributed by atoms with Crippen LogP contribution < -0.4 is 24.4 Å². The van der Waals surface area contributed by atoms with E-state index in [4.69, 9.17) is 18.9 Å². The summed E-state index contributed by atoms with van der Waals surface area (Å²) in [5, 5.41) is 3.97. The zero-order chi connectivity index (χ0) is 18.2. The Labute approximate surface area is 146 Å². The second-order valence-corrected chi connectivity index (χ2v) is 4.87. The van der Waals surface area contributed by atoms with Gasteiger partial charge in [-0.25, -0.2) is 5.43 Å². The summed E-state index contributed by atoms with van der Waals surface area (Å²) in [5.74, 6) is 1.85. The third kappa shape index (κ3) is 4.41. The van der Waals surface area contributed by atoms with Gasteiger partial charge in [0.15, 0.2) is 0 Å². The molecule has 0 aliphatic rings. The molecular weight excluding hydrogens is 324 g/mol. The molecule has 2 aromatic carbocycles. The van der Waals surface area contributed by atoms with Crippen LogP contribution in [0.3, 0.4) is 0 Å². The van der Waals surface area contributed by atoms with Gasteiger partial charge in [0, 0.05) is 11.6 Å². The Kier molecular flexibility index (Phi) is 6.22. The van der Waals surface area contributed by atoms with Crippen LogP contribution in [0.5, 0.6) is 23.0 Å². The van der Waals surface area contributed by atoms with E-state index in [0.29, 0.717) is 34.1 Å². The van der Waals surface area contributed by atoms with E-state index in [2.05, 4.69) is 10.5 Å². The lowest BCUT2D eigenvalue weighted by Gasteiger charge is -2.09. The Hall–Kier alpha value is -3.22. The van der Waals surface area contributed by atoms with Crippen molar-refractivity contribution >= 4 is 12.1 Å². The number of carbonyl (C=O) groups is 1. The molecular formula is C18H20N2O5. The maximum absolute atomic E-state index is 12.3. The third-order valence-corrected chi connectivity index (χ3v) is 3.46. The van der Waals surface area contributed by atoms with E-state index in [9.17, 15) is 4.79 Å². The van der Waals surface area contributed by atoms with Gasteiger partial charge in [0.1, 0.15) is 23.0 Å². The molecule has 0 unspecified atom stereocenters. The lowest BCUT2D eigenvalue weighted by atomic mass is 10.2. The molecule has 0 saturated carbocycles. The Balaban J connectivity index is 2.16. The van der Waals surface area contributed by atoms with Gasteiger partial charge in [0.25, 0.3) is 5.91 Å². The van der Waals surface area contributed by atoms with Crippen molar-refractivity contribution in [2.75, 3.05) is 28.4 Å². The highest BCUT2D eigenvalue weighted by Gasteiger charge is 2.12. The lowest BCUT2D eigenvalue weighted by molar-refractivity contribution is 0.0952. The number of benzene rings is 2. The molecule has 132 valence electrons. The Morgan fingerprint density at radius 2 is 1.52 bits per heavy atom. The van der Waals surface area contributed by atoms with E-state index in [1.54, 1.807) is 57.7 Å². The summed E-state index contributed by atoms with van der Waals surface area (Å²) < 4.78 is 20.7. The molecule has 25 heavy (non-hydrogen) atoms. The predicted molar refractivity (Wildman–Crippen MR) is 94.2 cm³/mol. The fraction of sp³-hybridized carbons (Fsp3) is 0.222. The molecule has 0 heterocycles. The normalized spacial score (nSPS) is 10.4. The molecule has 0 radical (unpaired) electrons. The van der Waals surface area contributed by atoms with Gasteiger partial charge in [-0.15, -0.1) is 0 Å². The Morgan fingerprint density at radius 1 is 0.880 bits per heavy atom. The van der Waals surface area contributed by atoms with Crippen LogP contribution in [0.4, 0.5) is 0 Å². The van der Waals surface area contributed by atoms with Crippen molar-refractivity contribution in [3.63, 3.8) is 0 Å². The van der Waals surface area contributed by atoms with Gasteiger partial charge in [-0.05, 0) is 30.3 Å². The highest BCUT2D eigenvalue weighted by molar-refractivity contribution is 5.97. The van der Waals surface area contributed by atoms with Crippen LogP contribution in [0, 0.1) is 0 Å². The molecule has 0 saturated heterocycles. The first-order chi connectivity index (χ1) is 12.1. The maximum atomic E-state index is 12.3. The molecule has 2 aromatic rings. The van der Waals surface area contributed by atoms with Crippen LogP contribution in [0.25, 0.3) is 0 Å². The standard InChI is InChI=1S/C18H20N2O5/c1-22-13-6-8-16(24-3)12(9-13)11-19-20-18(21)15-7-5-14(23-2)10-17(15)25-4/h5-11H,1-4H3,(H,20,21). The van der Waals surface area contributed by atoms with Crippen LogP contribution in [-0.4, -0.2) is 40.6 Å². The molecule has 0 aliphatic carbocycles. The predicted octanol–water partition coefficient (Wildman–Crippen LogP) is 2.48. The van der Waals surface area contributed by atoms with Gasteiger partial charge in [0.2, 0.25) is 0 Å². The number of methoxy groups -OCH3 is 4. The zero-order valence-corrected chi connectivity index (χ0v) is 14.5. The molecule has 1 N–H and O–H groups in total. The minimum atomic E-state index is -0.405. The van der Waals surface area contributed by atoms with Gasteiger partial charge in [-0.3, -0.25) is 4.79 Å². The van der Waals surface area contributed by atoms with Crippen molar-refractivity contribution in [3.8, 4) is 23.0 Å². The summed E-state index contributed by atoms with van der Waals surface area (Å²) in [6, 6.07) is 10.2. The fourth-order valence-electron chi connectivity index (χ4n) is 2.15. The first-order valence-electron chi connectivity index (χ1n) is 7.40. The van der Waals surface area contributed by atoms with Gasteiger partial charge in [-0.2, -0.15) is 5.10 Å². The first-order valence-corrected chi connectivity index (χ1v) is 7.40. The topological polar surface area (TPSA) is 78.4 Å². The molecule has 0 bridgehead atoms. The molecule has 0 fully saturated rings. The van der Waals surface area contributed by atoms with E-state index < -0.39 is 5.91 Å². The number of nitrogens with one attached hydrogen (secondary N) is 1. The van der Waals surface area contributed by atoms with Gasteiger partial charge in [-0.1, -0.05) is 0 Å². The first kappa shape index (κ1) is 18.1. The van der Waals surface area contributed by atoms with Crippen molar-refractivity contribution in [1.29, 1.82) is 0 Å². The van der Waals surface area contributed by atoms with E-state index >= 15 is 0 Å². The number of ether oxygens (including phenoxy) is 4. The monoisotopic (exact) mass is 344 g/mol. The molecule has 0 atom stereocenters. The van der Waals surface area contributed by atoms with E-state index in [-0.39, 0.29) is 0 Å². The van der Waals surface area contributed by atoms with Crippen LogP contribution in [-0.2, 0) is 0 Å². The second kappa shape index (κ2) is 8.58. The smallest absolute Gasteiger partial charge is 0.275 e. The van der Waals surface area contributed by atoms with E-state index in [1.807, 2.05) is 0 Å². The van der Waals surface area contributed by atoms with Crippen molar-refractivity contribution in [2.24, 2.45) is 5.10 Å². The largest absolute Gasteiger partial charge is 0.497 e. The number of hydrazone groups is 1. The number of hydrogen-bond donors (Lipinski definition) is 1. The molecule has 1 amide bonds. The minimum absolute atomic E-state index is 0.345. The number of rotatable bonds is 7. The summed E-state index contributed by atoms with van der Waals surface area (Å²) in [5.41, 5.74) is 3.48. The van der Waals surface area contributed by atoms with Gasteiger partial charge < -0.3 is 18.9 Å². The highest BCUT2D eigenvalue weighted by atomic mass is 16.5. The number of nitrogens with zero attached hydrogens (tertiary/aromatic N) is 1. The van der Waals surface area contributed by atoms with Crippen molar-refractivity contribution < 1.29 is 23.7 Å². The van der Waals surface area contributed by atoms with Gasteiger partial charge in [0.05, 0.1) is 40.2 Å². The second-order valence-electron chi connectivity index (χ2n) is 4.87. The Morgan fingerprint density at radius 3 is 2.16 bits per heavy atom. The molecule has 2 rings (SSSR count). The number of hydrogen-bond acceptors (Lipinski definition) is 6. The summed E-state index contributed by atoms with van der Waals surface area (Å²) in [6.07, 6.45) is 1.48. The Bertz CT molecular complexity index is 774. The minimum Gasteiger partial charge on any atom is -0.497 e. The molecule has 7 heteroatoms. The summed E-state index contributed by atoms with van der Waals surface area (Å²) in [6.45, 7) is 0. The fourth-order valence-corrected chi connectivity index (χ4v) is 2.15. The summed E-state index contributed by atoms with van der Waals surface area (Å²) in [4.78, 5) is 12.3. The SMILES string of the molecule is COc1ccc(OC)c(C=NNC(=O)c2ccc(OC)cc2OC)c1. The number of amides is 1. The van der Waals surface area contributed by atoms with Crippen molar-refractivity contribution in [3.05, 3.63) is 47.5 Å². The number of carbonyl (C=O) groups excluding carboxylic acids is 1. The molecule has 7 nitrogen and oxygen atoms in total. The molecule has 0 spiro atoms. The van der Waals surface area contributed by atoms with Crippen LogP contribution in [0.15, 0.2) is 41.5 Å². The van der Waals surface area contributed by atoms with Crippen LogP contribution in [0.2, 0.25) is 0 Å². The van der Waals surface area contributed by atoms with E-state index in [1.165, 1.54) is 13.3 Å². The van der Waals surface area contributed by atoms with Crippen LogP contribution in [0.1, 0.15) is 15.9 Å². The summed E-state index contributed by atoms with van der Waals surface area (Å²) >= 11 is 0. The average molecular weight is 344 g/mol. The molecule has 0 aromatic heterocycles. The molecule has 0 aliphatic heterocycles. The van der Waals surface area contributed by atoms with Gasteiger partial charge >= 0.3 is 0 Å². The average Bonchev–Trinajstić information content (AvgIpc) is 2.67. The maximum Gasteiger partial charge on any atom is 0.275 e. The lowest BCUT2D eigenvalue weighted by Crippen LogP contribution is -2.18. The zero-order valence-electron chi connectivity index (χ0n) is 14.5. The van der Waals surface area contributed by atoms with Crippen molar-refractivity contribution in [1.82, 2.24) is 5.43 Å². The van der Waals surface area contributed by atoms with Crippen LogP contribution >= 0.6 is 0 Å².